The van der Waals surface area contributed by atoms with Crippen LogP contribution in [0.3, 0.4) is 0 Å². The van der Waals surface area contributed by atoms with E-state index in [-0.39, 0.29) is 12.6 Å². The molecule has 1 atom stereocenters. The first-order valence-electron chi connectivity index (χ1n) is 6.56. The fourth-order valence-electron chi connectivity index (χ4n) is 2.61. The van der Waals surface area contributed by atoms with Gasteiger partial charge in [-0.25, -0.2) is 0 Å². The highest BCUT2D eigenvalue weighted by Crippen LogP contribution is 2.27. The van der Waals surface area contributed by atoms with Gasteiger partial charge in [0.15, 0.2) is 0 Å². The molecule has 2 aliphatic rings. The maximum atomic E-state index is 9.42. The van der Waals surface area contributed by atoms with E-state index in [2.05, 4.69) is 34.5 Å². The first-order chi connectivity index (χ1) is 8.36. The van der Waals surface area contributed by atoms with Crippen LogP contribution in [0, 0.1) is 0 Å². The Hall–Kier alpha value is -1.06. The van der Waals surface area contributed by atoms with Gasteiger partial charge >= 0.3 is 0 Å². The Morgan fingerprint density at radius 2 is 2.18 bits per heavy atom. The van der Waals surface area contributed by atoms with Crippen molar-refractivity contribution < 1.29 is 5.11 Å². The van der Waals surface area contributed by atoms with Gasteiger partial charge in [0.1, 0.15) is 0 Å². The standard InChI is InChI=1S/C14H20N2O/c17-10-13(15-12-5-6-12)9-16-8-7-11-3-1-2-4-14(11)16/h1-4,12-13,15,17H,5-10H2. The summed E-state index contributed by atoms with van der Waals surface area (Å²) in [4.78, 5) is 2.39. The molecule has 0 spiro atoms. The third kappa shape index (κ3) is 2.45. The molecule has 0 bridgehead atoms. The molecule has 1 aliphatic carbocycles. The number of anilines is 1. The summed E-state index contributed by atoms with van der Waals surface area (Å²) in [6.45, 7) is 2.24. The van der Waals surface area contributed by atoms with Crippen molar-refractivity contribution >= 4 is 5.69 Å². The molecule has 1 aromatic carbocycles. The van der Waals surface area contributed by atoms with Crippen molar-refractivity contribution in [1.82, 2.24) is 5.32 Å². The minimum Gasteiger partial charge on any atom is -0.395 e. The SMILES string of the molecule is OCC(CN1CCc2ccccc21)NC1CC1. The summed E-state index contributed by atoms with van der Waals surface area (Å²) in [5.41, 5.74) is 2.79. The van der Waals surface area contributed by atoms with Gasteiger partial charge in [-0.1, -0.05) is 18.2 Å². The minimum absolute atomic E-state index is 0.216. The van der Waals surface area contributed by atoms with Crippen LogP contribution >= 0.6 is 0 Å². The van der Waals surface area contributed by atoms with Gasteiger partial charge in [-0.3, -0.25) is 0 Å². The highest BCUT2D eigenvalue weighted by Gasteiger charge is 2.27. The van der Waals surface area contributed by atoms with E-state index < -0.39 is 0 Å². The van der Waals surface area contributed by atoms with Gasteiger partial charge in [0.25, 0.3) is 0 Å². The number of aliphatic hydroxyl groups excluding tert-OH is 1. The summed E-state index contributed by atoms with van der Waals surface area (Å²) in [5.74, 6) is 0. The van der Waals surface area contributed by atoms with Gasteiger partial charge in [0, 0.05) is 30.9 Å². The molecule has 1 aliphatic heterocycles. The van der Waals surface area contributed by atoms with Gasteiger partial charge in [0.05, 0.1) is 6.61 Å². The maximum absolute atomic E-state index is 9.42. The lowest BCUT2D eigenvalue weighted by atomic mass is 10.2. The van der Waals surface area contributed by atoms with E-state index in [0.29, 0.717) is 6.04 Å². The monoisotopic (exact) mass is 232 g/mol. The number of aliphatic hydroxyl groups is 1. The summed E-state index contributed by atoms with van der Waals surface area (Å²) < 4.78 is 0. The molecule has 3 nitrogen and oxygen atoms in total. The van der Waals surface area contributed by atoms with Crippen molar-refractivity contribution in [2.24, 2.45) is 0 Å². The Morgan fingerprint density at radius 1 is 1.35 bits per heavy atom. The third-order valence-corrected chi connectivity index (χ3v) is 3.69. The van der Waals surface area contributed by atoms with Crippen LogP contribution in [-0.4, -0.2) is 36.9 Å². The van der Waals surface area contributed by atoms with E-state index in [0.717, 1.165) is 19.5 Å². The Morgan fingerprint density at radius 3 is 2.94 bits per heavy atom. The highest BCUT2D eigenvalue weighted by atomic mass is 16.3. The molecular formula is C14H20N2O. The van der Waals surface area contributed by atoms with Crippen LogP contribution in [-0.2, 0) is 6.42 Å². The van der Waals surface area contributed by atoms with Crippen LogP contribution in [0.25, 0.3) is 0 Å². The minimum atomic E-state index is 0.216. The van der Waals surface area contributed by atoms with E-state index in [1.807, 2.05) is 0 Å². The summed E-state index contributed by atoms with van der Waals surface area (Å²) in [7, 11) is 0. The zero-order valence-corrected chi connectivity index (χ0v) is 10.1. The molecule has 1 fully saturated rings. The number of nitrogens with zero attached hydrogens (tertiary/aromatic N) is 1. The highest BCUT2D eigenvalue weighted by molar-refractivity contribution is 5.57. The van der Waals surface area contributed by atoms with Gasteiger partial charge in [-0.15, -0.1) is 0 Å². The normalized spacial score (nSPS) is 20.4. The topological polar surface area (TPSA) is 35.5 Å². The van der Waals surface area contributed by atoms with Gasteiger partial charge in [-0.05, 0) is 30.9 Å². The third-order valence-electron chi connectivity index (χ3n) is 3.69. The van der Waals surface area contributed by atoms with Crippen molar-refractivity contribution in [3.05, 3.63) is 29.8 Å². The van der Waals surface area contributed by atoms with Gasteiger partial charge in [-0.2, -0.15) is 0 Å². The summed E-state index contributed by atoms with van der Waals surface area (Å²) in [5, 5.41) is 12.9. The second-order valence-electron chi connectivity index (χ2n) is 5.15. The second-order valence-corrected chi connectivity index (χ2v) is 5.15. The molecule has 1 heterocycles. The van der Waals surface area contributed by atoms with Crippen LogP contribution in [0.15, 0.2) is 24.3 Å². The molecule has 2 N–H and O–H groups in total. The molecule has 3 rings (SSSR count). The van der Waals surface area contributed by atoms with Crippen molar-refractivity contribution in [2.45, 2.75) is 31.3 Å². The van der Waals surface area contributed by atoms with Gasteiger partial charge in [0.2, 0.25) is 0 Å². The lowest BCUT2D eigenvalue weighted by Crippen LogP contribution is -2.44. The smallest absolute Gasteiger partial charge is 0.0602 e. The number of benzene rings is 1. The average Bonchev–Trinajstić information content (AvgIpc) is 3.09. The number of hydrogen-bond donors (Lipinski definition) is 2. The van der Waals surface area contributed by atoms with Crippen molar-refractivity contribution in [1.29, 1.82) is 0 Å². The Balaban J connectivity index is 1.65. The molecule has 3 heteroatoms. The lowest BCUT2D eigenvalue weighted by Gasteiger charge is -2.25. The molecule has 92 valence electrons. The van der Waals surface area contributed by atoms with Gasteiger partial charge < -0.3 is 15.3 Å². The van der Waals surface area contributed by atoms with E-state index in [1.54, 1.807) is 0 Å². The fourth-order valence-corrected chi connectivity index (χ4v) is 2.61. The zero-order chi connectivity index (χ0) is 11.7. The van der Waals surface area contributed by atoms with Crippen molar-refractivity contribution in [3.8, 4) is 0 Å². The van der Waals surface area contributed by atoms with Crippen LogP contribution in [0.2, 0.25) is 0 Å². The molecule has 0 radical (unpaired) electrons. The predicted molar refractivity (Wildman–Crippen MR) is 69.4 cm³/mol. The molecule has 0 aromatic heterocycles. The Labute approximate surface area is 102 Å². The zero-order valence-electron chi connectivity index (χ0n) is 10.1. The number of nitrogens with one attached hydrogen (secondary N) is 1. The van der Waals surface area contributed by atoms with Crippen molar-refractivity contribution in [2.75, 3.05) is 24.6 Å². The number of para-hydroxylation sites is 1. The first-order valence-corrected chi connectivity index (χ1v) is 6.56. The molecule has 1 unspecified atom stereocenters. The molecule has 0 amide bonds. The Kier molecular flexibility index (Phi) is 3.04. The molecular weight excluding hydrogens is 212 g/mol. The summed E-state index contributed by atoms with van der Waals surface area (Å²) >= 11 is 0. The lowest BCUT2D eigenvalue weighted by molar-refractivity contribution is 0.243. The molecule has 1 saturated carbocycles. The molecule has 1 aromatic rings. The number of rotatable bonds is 5. The average molecular weight is 232 g/mol. The van der Waals surface area contributed by atoms with Crippen molar-refractivity contribution in [3.63, 3.8) is 0 Å². The van der Waals surface area contributed by atoms with E-state index in [1.165, 1.54) is 24.1 Å². The van der Waals surface area contributed by atoms with E-state index >= 15 is 0 Å². The van der Waals surface area contributed by atoms with E-state index in [4.69, 9.17) is 0 Å². The summed E-state index contributed by atoms with van der Waals surface area (Å²) in [6.07, 6.45) is 3.68. The predicted octanol–water partition coefficient (Wildman–Crippen LogP) is 1.16. The van der Waals surface area contributed by atoms with Crippen LogP contribution in [0.5, 0.6) is 0 Å². The Bertz CT molecular complexity index is 390. The molecule has 17 heavy (non-hydrogen) atoms. The number of fused-ring (bicyclic) bond motifs is 1. The van der Waals surface area contributed by atoms with Crippen LogP contribution < -0.4 is 10.2 Å². The quantitative estimate of drug-likeness (QED) is 0.800. The second kappa shape index (κ2) is 4.67. The largest absolute Gasteiger partial charge is 0.395 e. The van der Waals surface area contributed by atoms with Crippen LogP contribution in [0.4, 0.5) is 5.69 Å². The summed E-state index contributed by atoms with van der Waals surface area (Å²) in [6, 6.07) is 9.47. The number of hydrogen-bond acceptors (Lipinski definition) is 3. The van der Waals surface area contributed by atoms with E-state index in [9.17, 15) is 5.11 Å². The maximum Gasteiger partial charge on any atom is 0.0602 e. The van der Waals surface area contributed by atoms with Crippen LogP contribution in [0.1, 0.15) is 18.4 Å². The fraction of sp³-hybridized carbons (Fsp3) is 0.571. The molecule has 0 saturated heterocycles. The first kappa shape index (κ1) is 11.1.